The van der Waals surface area contributed by atoms with Gasteiger partial charge in [0.25, 0.3) is 0 Å². The monoisotopic (exact) mass is 814 g/mol. The predicted molar refractivity (Wildman–Crippen MR) is 269 cm³/mol. The number of anilines is 5. The zero-order chi connectivity index (χ0) is 42.1. The molecule has 11 aromatic rings. The van der Waals surface area contributed by atoms with Crippen molar-refractivity contribution in [3.63, 3.8) is 0 Å². The molecule has 4 heteroatoms. The molecule has 0 aliphatic carbocycles. The van der Waals surface area contributed by atoms with Gasteiger partial charge in [-0.2, -0.15) is 0 Å². The van der Waals surface area contributed by atoms with Gasteiger partial charge in [-0.1, -0.05) is 182 Å². The minimum atomic E-state index is -0.181. The number of fused-ring (bicyclic) bond motifs is 8. The second-order valence-corrected chi connectivity index (χ2v) is 16.8. The minimum absolute atomic E-state index is 0.181. The van der Waals surface area contributed by atoms with E-state index < -0.39 is 0 Å². The number of hydrogen-bond acceptors (Lipinski definition) is 3. The van der Waals surface area contributed by atoms with E-state index in [2.05, 4.69) is 246 Å². The van der Waals surface area contributed by atoms with Gasteiger partial charge in [-0.3, -0.25) is 0 Å². The molecule has 0 N–H and O–H groups in total. The van der Waals surface area contributed by atoms with E-state index in [1.165, 1.54) is 66.6 Å². The largest absolute Gasteiger partial charge is 0.456 e. The summed E-state index contributed by atoms with van der Waals surface area (Å²) in [5, 5.41) is 2.22. The van der Waals surface area contributed by atoms with Gasteiger partial charge in [-0.25, -0.2) is 0 Å². The van der Waals surface area contributed by atoms with Crippen LogP contribution in [0.2, 0.25) is 0 Å². The van der Waals surface area contributed by atoms with Crippen molar-refractivity contribution in [2.45, 2.75) is 0 Å². The van der Waals surface area contributed by atoms with Crippen LogP contribution in [0.25, 0.3) is 77.6 Å². The van der Waals surface area contributed by atoms with E-state index >= 15 is 0 Å². The van der Waals surface area contributed by atoms with E-state index in [-0.39, 0.29) is 6.85 Å². The third kappa shape index (κ3) is 5.77. The van der Waals surface area contributed by atoms with E-state index in [4.69, 9.17) is 4.42 Å². The first-order valence-corrected chi connectivity index (χ1v) is 22.0. The SMILES string of the molecule is c1ccc(-c2ccc(N3B4c5cc(-c6ccccc6)ccc5N(c5ccc(-c6ccccc6)cc5)c5c4c(cc4oc6ccccc6c54)-c4cc(-c5ccccc5)ccc43)cc2)cc1. The molecule has 0 saturated heterocycles. The van der Waals surface area contributed by atoms with Crippen molar-refractivity contribution in [2.75, 3.05) is 9.71 Å². The molecule has 0 amide bonds. The Hall–Kier alpha value is -8.34. The Morgan fingerprint density at radius 1 is 0.344 bits per heavy atom. The molecule has 0 spiro atoms. The highest BCUT2D eigenvalue weighted by Crippen LogP contribution is 2.52. The minimum Gasteiger partial charge on any atom is -0.456 e. The Bertz CT molecular complexity index is 3530. The second-order valence-electron chi connectivity index (χ2n) is 16.8. The molecule has 2 aliphatic rings. The van der Waals surface area contributed by atoms with Crippen LogP contribution in [0.3, 0.4) is 0 Å². The fourth-order valence-corrected chi connectivity index (χ4v) is 10.3. The highest BCUT2D eigenvalue weighted by Gasteiger charge is 2.46. The normalized spacial score (nSPS) is 12.6. The molecule has 0 saturated carbocycles. The van der Waals surface area contributed by atoms with E-state index in [1.807, 2.05) is 0 Å². The molecule has 2 aliphatic heterocycles. The molecule has 3 nitrogen and oxygen atoms in total. The van der Waals surface area contributed by atoms with Gasteiger partial charge in [0.15, 0.2) is 0 Å². The first-order chi connectivity index (χ1) is 31.7. The second kappa shape index (κ2) is 14.6. The summed E-state index contributed by atoms with van der Waals surface area (Å²) in [7, 11) is 0. The smallest absolute Gasteiger partial charge is 0.333 e. The fraction of sp³-hybridized carbons (Fsp3) is 0. The zero-order valence-corrected chi connectivity index (χ0v) is 34.9. The van der Waals surface area contributed by atoms with Crippen LogP contribution in [0.4, 0.5) is 28.4 Å². The van der Waals surface area contributed by atoms with Crippen LogP contribution in [0, 0.1) is 0 Å². The van der Waals surface area contributed by atoms with Gasteiger partial charge in [0.2, 0.25) is 0 Å². The molecule has 0 unspecified atom stereocenters. The summed E-state index contributed by atoms with van der Waals surface area (Å²) in [6.45, 7) is -0.181. The van der Waals surface area contributed by atoms with Crippen molar-refractivity contribution in [1.29, 1.82) is 0 Å². The first-order valence-electron chi connectivity index (χ1n) is 22.0. The van der Waals surface area contributed by atoms with Gasteiger partial charge in [-0.15, -0.1) is 0 Å². The molecule has 298 valence electrons. The average Bonchev–Trinajstić information content (AvgIpc) is 3.76. The van der Waals surface area contributed by atoms with Gasteiger partial charge in [0.1, 0.15) is 11.2 Å². The first kappa shape index (κ1) is 36.3. The third-order valence-corrected chi connectivity index (χ3v) is 13.2. The molecule has 1 aromatic heterocycles. The molecule has 0 bridgehead atoms. The number of nitrogens with zero attached hydrogens (tertiary/aromatic N) is 2. The number of rotatable bonds is 6. The van der Waals surface area contributed by atoms with Crippen LogP contribution in [0.1, 0.15) is 0 Å². The zero-order valence-electron chi connectivity index (χ0n) is 34.9. The lowest BCUT2D eigenvalue weighted by Crippen LogP contribution is -2.61. The predicted octanol–water partition coefficient (Wildman–Crippen LogP) is 15.0. The van der Waals surface area contributed by atoms with Crippen LogP contribution in [0.15, 0.2) is 241 Å². The van der Waals surface area contributed by atoms with Crippen LogP contribution in [-0.2, 0) is 0 Å². The highest BCUT2D eigenvalue weighted by atomic mass is 16.3. The summed E-state index contributed by atoms with van der Waals surface area (Å²) in [6.07, 6.45) is 0. The van der Waals surface area contributed by atoms with Crippen molar-refractivity contribution < 1.29 is 4.42 Å². The number of hydrogen-bond donors (Lipinski definition) is 0. The highest BCUT2D eigenvalue weighted by molar-refractivity contribution is 6.94. The summed E-state index contributed by atoms with van der Waals surface area (Å²) >= 11 is 0. The van der Waals surface area contributed by atoms with Crippen molar-refractivity contribution in [3.05, 3.63) is 237 Å². The van der Waals surface area contributed by atoms with E-state index in [0.717, 1.165) is 50.4 Å². The summed E-state index contributed by atoms with van der Waals surface area (Å²) in [5.41, 5.74) is 21.8. The molecule has 13 rings (SSSR count). The summed E-state index contributed by atoms with van der Waals surface area (Å²) < 4.78 is 6.90. The van der Waals surface area contributed by atoms with E-state index in [9.17, 15) is 0 Å². The third-order valence-electron chi connectivity index (χ3n) is 13.2. The molecule has 3 heterocycles. The molecular formula is C60H39BN2O. The van der Waals surface area contributed by atoms with Crippen LogP contribution in [-0.4, -0.2) is 6.85 Å². The summed E-state index contributed by atoms with van der Waals surface area (Å²) in [5.74, 6) is 0. The standard InChI is InChI=1S/C60H39BN2O/c1-5-15-40(16-6-1)44-25-31-48(32-26-44)62-55-36-30-47(43-21-11-4-12-22-43)38-53(55)61-59-52(39-57-58(60(59)62)50-23-13-14-24-56(50)64-57)51-37-46(42-19-9-3-10-20-42)29-35-54(51)63(61)49-33-27-45(28-34-49)41-17-7-2-8-18-41/h1-39H. The molecule has 0 fully saturated rings. The Morgan fingerprint density at radius 3 is 1.41 bits per heavy atom. The lowest BCUT2D eigenvalue weighted by Gasteiger charge is -2.46. The lowest BCUT2D eigenvalue weighted by atomic mass is 9.43. The Kier molecular flexibility index (Phi) is 8.32. The van der Waals surface area contributed by atoms with E-state index in [0.29, 0.717) is 0 Å². The van der Waals surface area contributed by atoms with Gasteiger partial charge in [-0.05, 0) is 116 Å². The van der Waals surface area contributed by atoms with Gasteiger partial charge in [0.05, 0.1) is 11.1 Å². The van der Waals surface area contributed by atoms with Crippen molar-refractivity contribution in [3.8, 4) is 55.6 Å². The Labute approximate surface area is 372 Å². The Balaban J connectivity index is 1.14. The van der Waals surface area contributed by atoms with Crippen molar-refractivity contribution in [2.24, 2.45) is 0 Å². The topological polar surface area (TPSA) is 19.6 Å². The molecule has 0 atom stereocenters. The molecule has 0 radical (unpaired) electrons. The maximum Gasteiger partial charge on any atom is 0.333 e. The maximum atomic E-state index is 6.90. The van der Waals surface area contributed by atoms with Gasteiger partial charge >= 0.3 is 6.85 Å². The molecule has 10 aromatic carbocycles. The van der Waals surface area contributed by atoms with Crippen molar-refractivity contribution in [1.82, 2.24) is 0 Å². The van der Waals surface area contributed by atoms with Gasteiger partial charge in [0, 0.05) is 33.7 Å². The summed E-state index contributed by atoms with van der Waals surface area (Å²) in [6, 6.07) is 86.0. The number of benzene rings is 10. The van der Waals surface area contributed by atoms with Crippen LogP contribution >= 0.6 is 0 Å². The Morgan fingerprint density at radius 2 is 0.812 bits per heavy atom. The number of para-hydroxylation sites is 1. The fourth-order valence-electron chi connectivity index (χ4n) is 10.3. The van der Waals surface area contributed by atoms with Crippen LogP contribution < -0.4 is 20.6 Å². The molecular weight excluding hydrogens is 775 g/mol. The molecule has 64 heavy (non-hydrogen) atoms. The summed E-state index contributed by atoms with van der Waals surface area (Å²) in [4.78, 5) is 5.11. The maximum absolute atomic E-state index is 6.90. The van der Waals surface area contributed by atoms with Crippen molar-refractivity contribution >= 4 is 68.1 Å². The van der Waals surface area contributed by atoms with E-state index in [1.54, 1.807) is 0 Å². The number of furan rings is 1. The lowest BCUT2D eigenvalue weighted by molar-refractivity contribution is 0.669. The quantitative estimate of drug-likeness (QED) is 0.156. The van der Waals surface area contributed by atoms with Crippen LogP contribution in [0.5, 0.6) is 0 Å². The average molecular weight is 815 g/mol. The van der Waals surface area contributed by atoms with Gasteiger partial charge < -0.3 is 14.1 Å².